The van der Waals surface area contributed by atoms with Crippen LogP contribution < -0.4 is 5.32 Å². The van der Waals surface area contributed by atoms with Crippen LogP contribution in [0.25, 0.3) is 0 Å². The van der Waals surface area contributed by atoms with Crippen LogP contribution in [0.15, 0.2) is 64.6 Å². The predicted molar refractivity (Wildman–Crippen MR) is 132 cm³/mol. The molecule has 1 aromatic carbocycles. The van der Waals surface area contributed by atoms with E-state index < -0.39 is 16.1 Å². The molecule has 1 unspecified atom stereocenters. The van der Waals surface area contributed by atoms with Crippen LogP contribution in [-0.4, -0.2) is 53.0 Å². The molecule has 1 aromatic heterocycles. The highest BCUT2D eigenvalue weighted by atomic mass is 79.9. The maximum atomic E-state index is 13.9. The number of nitrogens with one attached hydrogen (secondary N) is 1. The highest BCUT2D eigenvalue weighted by molar-refractivity contribution is 9.10. The summed E-state index contributed by atoms with van der Waals surface area (Å²) in [4.78, 5) is 31.2. The van der Waals surface area contributed by atoms with Crippen LogP contribution in [0, 0.1) is 5.92 Å². The van der Waals surface area contributed by atoms with Crippen molar-refractivity contribution >= 4 is 43.5 Å². The topological polar surface area (TPSA) is 99.7 Å². The molecule has 10 heteroatoms. The maximum absolute atomic E-state index is 13.9. The van der Waals surface area contributed by atoms with E-state index >= 15 is 0 Å². The van der Waals surface area contributed by atoms with Crippen molar-refractivity contribution in [3.63, 3.8) is 0 Å². The van der Waals surface area contributed by atoms with E-state index in [9.17, 15) is 18.0 Å². The average molecular weight is 547 g/mol. The number of halogens is 1. The number of hydrogen-bond acceptors (Lipinski definition) is 5. The number of carbonyl (C=O) groups is 2. The van der Waals surface area contributed by atoms with Gasteiger partial charge in [0.1, 0.15) is 6.04 Å². The summed E-state index contributed by atoms with van der Waals surface area (Å²) in [5.41, 5.74) is 1.23. The molecule has 0 aliphatic carbocycles. The van der Waals surface area contributed by atoms with E-state index in [4.69, 9.17) is 0 Å². The fourth-order valence-electron chi connectivity index (χ4n) is 4.79. The zero-order chi connectivity index (χ0) is 24.5. The normalized spacial score (nSPS) is 23.3. The fourth-order valence-corrected chi connectivity index (χ4v) is 7.32. The third kappa shape index (κ3) is 4.80. The van der Waals surface area contributed by atoms with E-state index in [0.29, 0.717) is 36.1 Å². The minimum atomic E-state index is -4.00. The van der Waals surface area contributed by atoms with Crippen LogP contribution in [-0.2, 0) is 26.2 Å². The van der Waals surface area contributed by atoms with Gasteiger partial charge in [-0.15, -0.1) is 6.58 Å². The molecule has 4 rings (SSSR count). The predicted octanol–water partition coefficient (Wildman–Crippen LogP) is 3.56. The van der Waals surface area contributed by atoms with E-state index in [2.05, 4.69) is 32.8 Å². The van der Waals surface area contributed by atoms with Crippen molar-refractivity contribution in [2.45, 2.75) is 49.7 Å². The van der Waals surface area contributed by atoms with Gasteiger partial charge >= 0.3 is 0 Å². The molecule has 3 heterocycles. The lowest BCUT2D eigenvalue weighted by Gasteiger charge is -2.40. The Hall–Kier alpha value is -2.56. The van der Waals surface area contributed by atoms with Gasteiger partial charge in [0.25, 0.3) is 0 Å². The quantitative estimate of drug-likeness (QED) is 0.558. The summed E-state index contributed by atoms with van der Waals surface area (Å²) >= 11 is 3.36. The monoisotopic (exact) mass is 546 g/mol. The van der Waals surface area contributed by atoms with Gasteiger partial charge in [0, 0.05) is 36.1 Å². The second-order valence-corrected chi connectivity index (χ2v) is 11.3. The van der Waals surface area contributed by atoms with Crippen molar-refractivity contribution in [1.82, 2.24) is 14.2 Å². The summed E-state index contributed by atoms with van der Waals surface area (Å²) in [5.74, 6) is -0.683. The number of pyridine rings is 1. The second kappa shape index (κ2) is 9.97. The Morgan fingerprint density at radius 2 is 2.09 bits per heavy atom. The number of sulfonamides is 1. The van der Waals surface area contributed by atoms with Crippen molar-refractivity contribution in [1.29, 1.82) is 0 Å². The van der Waals surface area contributed by atoms with Crippen LogP contribution in [0.5, 0.6) is 0 Å². The van der Waals surface area contributed by atoms with Gasteiger partial charge in [-0.3, -0.25) is 14.6 Å². The maximum Gasteiger partial charge on any atom is 0.244 e. The first-order valence-corrected chi connectivity index (χ1v) is 13.4. The fraction of sp³-hybridized carbons (Fsp3) is 0.375. The molecule has 2 aromatic rings. The van der Waals surface area contributed by atoms with E-state index in [-0.39, 0.29) is 28.7 Å². The first-order chi connectivity index (χ1) is 16.2. The van der Waals surface area contributed by atoms with E-state index in [1.807, 2.05) is 18.2 Å². The van der Waals surface area contributed by atoms with Crippen LogP contribution in [0.4, 0.5) is 5.69 Å². The molecule has 0 saturated carbocycles. The van der Waals surface area contributed by atoms with Gasteiger partial charge in [-0.25, -0.2) is 8.42 Å². The second-order valence-electron chi connectivity index (χ2n) is 8.61. The Kier molecular flexibility index (Phi) is 7.20. The molecule has 1 N–H and O–H groups in total. The van der Waals surface area contributed by atoms with Crippen molar-refractivity contribution < 1.29 is 18.0 Å². The number of fused-ring (bicyclic) bond motifs is 2. The zero-order valence-electron chi connectivity index (χ0n) is 18.9. The van der Waals surface area contributed by atoms with Crippen LogP contribution in [0.2, 0.25) is 0 Å². The van der Waals surface area contributed by atoms with Crippen LogP contribution in [0.3, 0.4) is 0 Å². The molecule has 2 fully saturated rings. The number of carbonyl (C=O) groups excluding carboxylic acids is 2. The van der Waals surface area contributed by atoms with Crippen molar-refractivity contribution in [3.05, 3.63) is 65.4 Å². The highest BCUT2D eigenvalue weighted by Crippen LogP contribution is 2.38. The van der Waals surface area contributed by atoms with E-state index in [1.165, 1.54) is 23.4 Å². The number of hydrogen-bond donors (Lipinski definition) is 1. The zero-order valence-corrected chi connectivity index (χ0v) is 21.3. The van der Waals surface area contributed by atoms with Crippen LogP contribution >= 0.6 is 15.9 Å². The molecule has 8 nitrogen and oxygen atoms in total. The summed E-state index contributed by atoms with van der Waals surface area (Å²) in [6.07, 6.45) is 5.32. The van der Waals surface area contributed by atoms with Crippen molar-refractivity contribution in [2.75, 3.05) is 11.9 Å². The van der Waals surface area contributed by atoms with Crippen LogP contribution in [0.1, 0.15) is 31.9 Å². The van der Waals surface area contributed by atoms with Gasteiger partial charge in [-0.05, 0) is 65.5 Å². The molecule has 2 bridgehead atoms. The Bertz CT molecular complexity index is 1200. The number of anilines is 1. The molecule has 3 atom stereocenters. The largest absolute Gasteiger partial charge is 0.335 e. The van der Waals surface area contributed by atoms with Crippen molar-refractivity contribution in [2.24, 2.45) is 5.92 Å². The number of amides is 2. The summed E-state index contributed by atoms with van der Waals surface area (Å²) < 4.78 is 29.7. The van der Waals surface area contributed by atoms with Gasteiger partial charge < -0.3 is 10.2 Å². The van der Waals surface area contributed by atoms with E-state index in [0.717, 1.165) is 12.1 Å². The average Bonchev–Trinajstić information content (AvgIpc) is 2.88. The molecule has 0 radical (unpaired) electrons. The Morgan fingerprint density at radius 3 is 2.74 bits per heavy atom. The minimum Gasteiger partial charge on any atom is -0.335 e. The number of rotatable bonds is 6. The molecular formula is C24H27BrN4O4S. The molecule has 2 aliphatic rings. The standard InChI is InChI=1S/C24H27BrN4O4S/c1-3-17-14-28(15-18-7-4-5-12-26-18)24(31)23-9-6-8-22(17)29(23)34(32,33)19-10-11-21(20(25)13-19)27-16(2)30/h3-5,7,10-13,17,22-23H,1,6,8-9,14-15H2,2H3,(H,27,30)/t17-,22-,23?/m0/s1. The minimum absolute atomic E-state index is 0.0687. The lowest BCUT2D eigenvalue weighted by Crippen LogP contribution is -2.54. The molecule has 2 aliphatic heterocycles. The third-order valence-corrected chi connectivity index (χ3v) is 8.93. The third-order valence-electron chi connectivity index (χ3n) is 6.34. The number of benzene rings is 1. The number of piperidine rings is 1. The van der Waals surface area contributed by atoms with Gasteiger partial charge in [0.05, 0.1) is 22.8 Å². The molecule has 2 saturated heterocycles. The SMILES string of the molecule is C=C[C@H]1CN(Cc2ccccn2)C(=O)C2CCC[C@@H]1N2S(=O)(=O)c1ccc(NC(C)=O)c(Br)c1. The highest BCUT2D eigenvalue weighted by Gasteiger charge is 2.49. The number of aromatic nitrogens is 1. The summed E-state index contributed by atoms with van der Waals surface area (Å²) in [7, 11) is -4.00. The molecule has 2 amide bonds. The van der Waals surface area contributed by atoms with E-state index in [1.54, 1.807) is 23.2 Å². The lowest BCUT2D eigenvalue weighted by molar-refractivity contribution is -0.135. The molecule has 0 spiro atoms. The molecule has 180 valence electrons. The lowest BCUT2D eigenvalue weighted by atomic mass is 9.90. The Labute approximate surface area is 208 Å². The molecular weight excluding hydrogens is 520 g/mol. The first kappa shape index (κ1) is 24.6. The Morgan fingerprint density at radius 1 is 1.29 bits per heavy atom. The van der Waals surface area contributed by atoms with Gasteiger partial charge in [-0.1, -0.05) is 12.1 Å². The summed E-state index contributed by atoms with van der Waals surface area (Å²) in [6.45, 7) is 6.05. The smallest absolute Gasteiger partial charge is 0.244 e. The summed E-state index contributed by atoms with van der Waals surface area (Å²) in [6, 6.07) is 8.87. The van der Waals surface area contributed by atoms with Gasteiger partial charge in [0.15, 0.2) is 0 Å². The Balaban J connectivity index is 1.72. The van der Waals surface area contributed by atoms with Gasteiger partial charge in [0.2, 0.25) is 21.8 Å². The molecule has 34 heavy (non-hydrogen) atoms. The number of nitrogens with zero attached hydrogens (tertiary/aromatic N) is 3. The summed E-state index contributed by atoms with van der Waals surface area (Å²) in [5, 5.41) is 2.66. The van der Waals surface area contributed by atoms with Gasteiger partial charge in [-0.2, -0.15) is 4.31 Å². The first-order valence-electron chi connectivity index (χ1n) is 11.1. The van der Waals surface area contributed by atoms with Crippen molar-refractivity contribution in [3.8, 4) is 0 Å².